The Morgan fingerprint density at radius 1 is 1.14 bits per heavy atom. The molecular weight excluding hydrogens is 300 g/mol. The topological polar surface area (TPSA) is 62.2 Å². The third-order valence-electron chi connectivity index (χ3n) is 3.35. The van der Waals surface area contributed by atoms with Crippen molar-refractivity contribution in [3.8, 4) is 0 Å². The minimum Gasteiger partial charge on any atom is -0.478 e. The Balaban J connectivity index is 2.16. The number of carboxylic acids is 1. The number of carboxylic acid groups (broad SMARTS) is 1. The Hall–Kier alpha value is -2.59. The zero-order valence-electron chi connectivity index (χ0n) is 11.8. The molecule has 4 nitrogen and oxygen atoms in total. The normalized spacial score (nSPS) is 10.6. The van der Waals surface area contributed by atoms with Crippen LogP contribution in [0.25, 0.3) is 10.9 Å². The summed E-state index contributed by atoms with van der Waals surface area (Å²) in [6.07, 6.45) is 0. The van der Waals surface area contributed by atoms with Gasteiger partial charge in [0, 0.05) is 16.8 Å². The third kappa shape index (κ3) is 2.61. The second-order valence-electron chi connectivity index (χ2n) is 4.92. The minimum absolute atomic E-state index is 0.215. The van der Waals surface area contributed by atoms with Crippen LogP contribution in [0.3, 0.4) is 0 Å². The molecule has 1 aromatic heterocycles. The SMILES string of the molecule is Cc1cc(Nc2ccccc2C(=O)O)c2cccc(Cl)c2n1. The van der Waals surface area contributed by atoms with E-state index in [1.54, 1.807) is 30.3 Å². The molecule has 0 saturated carbocycles. The molecule has 2 N–H and O–H groups in total. The first-order valence-electron chi connectivity index (χ1n) is 6.71. The van der Waals surface area contributed by atoms with Crippen LogP contribution in [-0.4, -0.2) is 16.1 Å². The molecule has 0 aliphatic carbocycles. The summed E-state index contributed by atoms with van der Waals surface area (Å²) >= 11 is 6.20. The van der Waals surface area contributed by atoms with Gasteiger partial charge >= 0.3 is 5.97 Å². The fourth-order valence-electron chi connectivity index (χ4n) is 2.37. The number of halogens is 1. The van der Waals surface area contributed by atoms with E-state index in [1.807, 2.05) is 25.1 Å². The molecule has 1 heterocycles. The van der Waals surface area contributed by atoms with Crippen molar-refractivity contribution in [1.29, 1.82) is 0 Å². The van der Waals surface area contributed by atoms with Crippen LogP contribution in [0.1, 0.15) is 16.1 Å². The third-order valence-corrected chi connectivity index (χ3v) is 3.65. The van der Waals surface area contributed by atoms with E-state index in [9.17, 15) is 9.90 Å². The van der Waals surface area contributed by atoms with Crippen molar-refractivity contribution >= 4 is 39.8 Å². The molecule has 5 heteroatoms. The number of nitrogens with one attached hydrogen (secondary N) is 1. The lowest BCUT2D eigenvalue weighted by atomic mass is 10.1. The summed E-state index contributed by atoms with van der Waals surface area (Å²) in [5.74, 6) is -0.976. The van der Waals surface area contributed by atoms with Crippen LogP contribution < -0.4 is 5.32 Å². The van der Waals surface area contributed by atoms with E-state index in [0.29, 0.717) is 16.2 Å². The van der Waals surface area contributed by atoms with Crippen LogP contribution in [0.5, 0.6) is 0 Å². The zero-order chi connectivity index (χ0) is 15.7. The summed E-state index contributed by atoms with van der Waals surface area (Å²) in [5.41, 5.74) is 3.02. The van der Waals surface area contributed by atoms with E-state index in [1.165, 1.54) is 0 Å². The first-order chi connectivity index (χ1) is 10.6. The number of rotatable bonds is 3. The zero-order valence-corrected chi connectivity index (χ0v) is 12.6. The molecule has 0 bridgehead atoms. The summed E-state index contributed by atoms with van der Waals surface area (Å²) in [6.45, 7) is 1.87. The van der Waals surface area contributed by atoms with E-state index < -0.39 is 5.97 Å². The maximum atomic E-state index is 11.3. The number of carbonyl (C=O) groups is 1. The van der Waals surface area contributed by atoms with Crippen LogP contribution in [0.15, 0.2) is 48.5 Å². The number of hydrogen-bond donors (Lipinski definition) is 2. The molecule has 0 atom stereocenters. The first kappa shape index (κ1) is 14.4. The number of fused-ring (bicyclic) bond motifs is 1. The number of anilines is 2. The molecule has 3 rings (SSSR count). The number of hydrogen-bond acceptors (Lipinski definition) is 3. The molecule has 0 spiro atoms. The van der Waals surface area contributed by atoms with Crippen LogP contribution in [-0.2, 0) is 0 Å². The predicted octanol–water partition coefficient (Wildman–Crippen LogP) is 4.64. The summed E-state index contributed by atoms with van der Waals surface area (Å²) in [7, 11) is 0. The van der Waals surface area contributed by atoms with Gasteiger partial charge in [0.1, 0.15) is 0 Å². The molecule has 22 heavy (non-hydrogen) atoms. The number of benzene rings is 2. The van der Waals surface area contributed by atoms with E-state index in [-0.39, 0.29) is 5.56 Å². The van der Waals surface area contributed by atoms with Crippen molar-refractivity contribution in [2.24, 2.45) is 0 Å². The number of para-hydroxylation sites is 2. The average molecular weight is 313 g/mol. The summed E-state index contributed by atoms with van der Waals surface area (Å²) in [4.78, 5) is 15.8. The summed E-state index contributed by atoms with van der Waals surface area (Å²) in [5, 5.41) is 13.9. The van der Waals surface area contributed by atoms with Crippen molar-refractivity contribution in [1.82, 2.24) is 4.98 Å². The highest BCUT2D eigenvalue weighted by molar-refractivity contribution is 6.35. The van der Waals surface area contributed by atoms with Crippen LogP contribution in [0, 0.1) is 6.92 Å². The van der Waals surface area contributed by atoms with Gasteiger partial charge < -0.3 is 10.4 Å². The van der Waals surface area contributed by atoms with Gasteiger partial charge in [-0.2, -0.15) is 0 Å². The van der Waals surface area contributed by atoms with Gasteiger partial charge in [0.2, 0.25) is 0 Å². The molecule has 0 aliphatic rings. The van der Waals surface area contributed by atoms with Crippen molar-refractivity contribution in [2.75, 3.05) is 5.32 Å². The summed E-state index contributed by atoms with van der Waals surface area (Å²) in [6, 6.07) is 14.2. The van der Waals surface area contributed by atoms with Gasteiger partial charge in [-0.05, 0) is 31.2 Å². The van der Waals surface area contributed by atoms with Gasteiger partial charge in [-0.1, -0.05) is 35.9 Å². The molecule has 110 valence electrons. The van der Waals surface area contributed by atoms with Gasteiger partial charge in [0.05, 0.1) is 21.8 Å². The monoisotopic (exact) mass is 312 g/mol. The Kier molecular flexibility index (Phi) is 3.69. The largest absolute Gasteiger partial charge is 0.478 e. The molecule has 0 amide bonds. The lowest BCUT2D eigenvalue weighted by molar-refractivity contribution is 0.0698. The molecule has 0 radical (unpaired) electrons. The van der Waals surface area contributed by atoms with E-state index in [4.69, 9.17) is 11.6 Å². The molecule has 0 saturated heterocycles. The van der Waals surface area contributed by atoms with Crippen LogP contribution in [0.2, 0.25) is 5.02 Å². The standard InChI is InChI=1S/C17H13ClN2O2/c1-10-9-15(11-6-4-7-13(18)16(11)19-10)20-14-8-3-2-5-12(14)17(21)22/h2-9H,1H3,(H,19,20)(H,21,22). The van der Waals surface area contributed by atoms with Gasteiger partial charge in [-0.25, -0.2) is 4.79 Å². The van der Waals surface area contributed by atoms with Gasteiger partial charge in [-0.3, -0.25) is 4.98 Å². The summed E-state index contributed by atoms with van der Waals surface area (Å²) < 4.78 is 0. The fraction of sp³-hybridized carbons (Fsp3) is 0.0588. The highest BCUT2D eigenvalue weighted by Gasteiger charge is 2.12. The van der Waals surface area contributed by atoms with Crippen molar-refractivity contribution in [3.05, 3.63) is 64.8 Å². The Labute approximate surface area is 132 Å². The predicted molar refractivity (Wildman–Crippen MR) is 88.2 cm³/mol. The van der Waals surface area contributed by atoms with Gasteiger partial charge in [0.25, 0.3) is 0 Å². The molecule has 3 aromatic rings. The van der Waals surface area contributed by atoms with E-state index in [2.05, 4.69) is 10.3 Å². The number of pyridine rings is 1. The van der Waals surface area contributed by atoms with Gasteiger partial charge in [-0.15, -0.1) is 0 Å². The minimum atomic E-state index is -0.976. The maximum Gasteiger partial charge on any atom is 0.337 e. The van der Waals surface area contributed by atoms with Crippen LogP contribution in [0.4, 0.5) is 11.4 Å². The smallest absolute Gasteiger partial charge is 0.337 e. The molecule has 0 unspecified atom stereocenters. The quantitative estimate of drug-likeness (QED) is 0.739. The lowest BCUT2D eigenvalue weighted by Gasteiger charge is -2.13. The van der Waals surface area contributed by atoms with Crippen molar-refractivity contribution < 1.29 is 9.90 Å². The number of aromatic nitrogens is 1. The van der Waals surface area contributed by atoms with Crippen molar-refractivity contribution in [2.45, 2.75) is 6.92 Å². The Morgan fingerprint density at radius 3 is 2.68 bits per heavy atom. The Bertz CT molecular complexity index is 878. The van der Waals surface area contributed by atoms with Crippen molar-refractivity contribution in [3.63, 3.8) is 0 Å². The fourth-order valence-corrected chi connectivity index (χ4v) is 2.59. The highest BCUT2D eigenvalue weighted by Crippen LogP contribution is 2.31. The van der Waals surface area contributed by atoms with Crippen LogP contribution >= 0.6 is 11.6 Å². The second kappa shape index (κ2) is 5.66. The van der Waals surface area contributed by atoms with E-state index >= 15 is 0 Å². The average Bonchev–Trinajstić information content (AvgIpc) is 2.49. The molecular formula is C17H13ClN2O2. The molecule has 0 aliphatic heterocycles. The first-order valence-corrected chi connectivity index (χ1v) is 7.09. The van der Waals surface area contributed by atoms with Gasteiger partial charge in [0.15, 0.2) is 0 Å². The number of nitrogens with zero attached hydrogens (tertiary/aromatic N) is 1. The second-order valence-corrected chi connectivity index (χ2v) is 5.33. The van der Waals surface area contributed by atoms with E-state index in [0.717, 1.165) is 16.8 Å². The number of aromatic carboxylic acids is 1. The highest BCUT2D eigenvalue weighted by atomic mass is 35.5. The number of aryl methyl sites for hydroxylation is 1. The lowest BCUT2D eigenvalue weighted by Crippen LogP contribution is -2.03. The Morgan fingerprint density at radius 2 is 1.91 bits per heavy atom. The molecule has 0 fully saturated rings. The maximum absolute atomic E-state index is 11.3. The molecule has 2 aromatic carbocycles.